The standard InChI is InChI=1S/C12H14BrClO/c1-7-6-10(15-2)8-4-3-5-9(14)11(8)12(7)13/h6,9H,3-5H2,1-2H3. The Morgan fingerprint density at radius 1 is 1.53 bits per heavy atom. The largest absolute Gasteiger partial charge is 0.496 e. The Morgan fingerprint density at radius 2 is 2.27 bits per heavy atom. The van der Waals surface area contributed by atoms with Crippen LogP contribution in [0, 0.1) is 6.92 Å². The quantitative estimate of drug-likeness (QED) is 0.697. The number of fused-ring (bicyclic) bond motifs is 1. The van der Waals surface area contributed by atoms with Gasteiger partial charge in [0.05, 0.1) is 12.5 Å². The van der Waals surface area contributed by atoms with Crippen molar-refractivity contribution >= 4 is 27.5 Å². The number of hydrogen-bond donors (Lipinski definition) is 0. The molecule has 0 radical (unpaired) electrons. The maximum Gasteiger partial charge on any atom is 0.122 e. The zero-order valence-electron chi connectivity index (χ0n) is 8.94. The number of ether oxygens (including phenoxy) is 1. The number of rotatable bonds is 1. The Morgan fingerprint density at radius 3 is 2.93 bits per heavy atom. The lowest BCUT2D eigenvalue weighted by atomic mass is 9.89. The van der Waals surface area contributed by atoms with Crippen LogP contribution in [0.25, 0.3) is 0 Å². The third-order valence-electron chi connectivity index (χ3n) is 2.97. The summed E-state index contributed by atoms with van der Waals surface area (Å²) in [6.45, 7) is 2.07. The zero-order valence-corrected chi connectivity index (χ0v) is 11.3. The third-order valence-corrected chi connectivity index (χ3v) is 4.46. The van der Waals surface area contributed by atoms with Crippen molar-refractivity contribution in [3.05, 3.63) is 27.2 Å². The smallest absolute Gasteiger partial charge is 0.122 e. The van der Waals surface area contributed by atoms with E-state index in [0.717, 1.165) is 29.5 Å². The van der Waals surface area contributed by atoms with Crippen LogP contribution in [0.1, 0.15) is 34.9 Å². The van der Waals surface area contributed by atoms with Gasteiger partial charge in [0.2, 0.25) is 0 Å². The molecule has 0 saturated carbocycles. The molecule has 2 rings (SSSR count). The number of benzene rings is 1. The molecule has 1 aliphatic rings. The highest BCUT2D eigenvalue weighted by Crippen LogP contribution is 2.44. The molecular formula is C12H14BrClO. The minimum absolute atomic E-state index is 0.122. The van der Waals surface area contributed by atoms with Gasteiger partial charge in [0, 0.05) is 4.47 Å². The van der Waals surface area contributed by atoms with Crippen molar-refractivity contribution in [3.8, 4) is 5.75 Å². The molecule has 15 heavy (non-hydrogen) atoms. The maximum absolute atomic E-state index is 6.37. The summed E-state index contributed by atoms with van der Waals surface area (Å²) in [5.74, 6) is 0.982. The van der Waals surface area contributed by atoms with Gasteiger partial charge in [0.15, 0.2) is 0 Å². The molecule has 1 nitrogen and oxygen atoms in total. The fraction of sp³-hybridized carbons (Fsp3) is 0.500. The molecule has 82 valence electrons. The first-order valence-corrected chi connectivity index (χ1v) is 6.38. The van der Waals surface area contributed by atoms with Crippen LogP contribution >= 0.6 is 27.5 Å². The number of aryl methyl sites for hydroxylation is 1. The van der Waals surface area contributed by atoms with E-state index in [2.05, 4.69) is 28.9 Å². The van der Waals surface area contributed by atoms with Gasteiger partial charge in [0.1, 0.15) is 5.75 Å². The van der Waals surface area contributed by atoms with E-state index < -0.39 is 0 Å². The Labute approximate surface area is 104 Å². The van der Waals surface area contributed by atoms with E-state index in [1.807, 2.05) is 0 Å². The molecule has 0 aromatic heterocycles. The summed E-state index contributed by atoms with van der Waals surface area (Å²) >= 11 is 10.00. The van der Waals surface area contributed by atoms with E-state index in [9.17, 15) is 0 Å². The van der Waals surface area contributed by atoms with E-state index >= 15 is 0 Å². The van der Waals surface area contributed by atoms with Crippen LogP contribution in [0.2, 0.25) is 0 Å². The topological polar surface area (TPSA) is 9.23 Å². The molecular weight excluding hydrogens is 275 g/mol. The minimum atomic E-state index is 0.122. The summed E-state index contributed by atoms with van der Waals surface area (Å²) in [5.41, 5.74) is 3.71. The van der Waals surface area contributed by atoms with E-state index in [0.29, 0.717) is 0 Å². The van der Waals surface area contributed by atoms with E-state index in [4.69, 9.17) is 16.3 Å². The van der Waals surface area contributed by atoms with Crippen LogP contribution in [0.5, 0.6) is 5.75 Å². The number of hydrogen-bond acceptors (Lipinski definition) is 1. The second-order valence-electron chi connectivity index (χ2n) is 3.96. The van der Waals surface area contributed by atoms with Gasteiger partial charge in [-0.05, 0) is 48.9 Å². The maximum atomic E-state index is 6.37. The Bertz CT molecular complexity index is 390. The van der Waals surface area contributed by atoms with Crippen molar-refractivity contribution in [2.45, 2.75) is 31.6 Å². The summed E-state index contributed by atoms with van der Waals surface area (Å²) in [7, 11) is 1.72. The number of halogens is 2. The summed E-state index contributed by atoms with van der Waals surface area (Å²) < 4.78 is 6.57. The molecule has 1 unspecified atom stereocenters. The Kier molecular flexibility index (Phi) is 3.27. The van der Waals surface area contributed by atoms with Gasteiger partial charge >= 0.3 is 0 Å². The van der Waals surface area contributed by atoms with Gasteiger partial charge < -0.3 is 4.74 Å². The van der Waals surface area contributed by atoms with Crippen molar-refractivity contribution in [3.63, 3.8) is 0 Å². The fourth-order valence-electron chi connectivity index (χ4n) is 2.19. The van der Waals surface area contributed by atoms with Crippen LogP contribution in [-0.4, -0.2) is 7.11 Å². The normalized spacial score (nSPS) is 19.9. The molecule has 0 spiro atoms. The van der Waals surface area contributed by atoms with Gasteiger partial charge in [-0.15, -0.1) is 11.6 Å². The molecule has 3 heteroatoms. The van der Waals surface area contributed by atoms with Crippen LogP contribution in [0.4, 0.5) is 0 Å². The van der Waals surface area contributed by atoms with Crippen molar-refractivity contribution in [1.82, 2.24) is 0 Å². The molecule has 0 heterocycles. The predicted molar refractivity (Wildman–Crippen MR) is 67.0 cm³/mol. The highest BCUT2D eigenvalue weighted by molar-refractivity contribution is 9.10. The molecule has 1 aliphatic carbocycles. The molecule has 0 bridgehead atoms. The van der Waals surface area contributed by atoms with E-state index in [-0.39, 0.29) is 5.38 Å². The monoisotopic (exact) mass is 288 g/mol. The summed E-state index contributed by atoms with van der Waals surface area (Å²) in [6, 6.07) is 2.08. The highest BCUT2D eigenvalue weighted by Gasteiger charge is 2.24. The van der Waals surface area contributed by atoms with Gasteiger partial charge in [-0.2, -0.15) is 0 Å². The minimum Gasteiger partial charge on any atom is -0.496 e. The van der Waals surface area contributed by atoms with Crippen LogP contribution in [0.15, 0.2) is 10.5 Å². The lowest BCUT2D eigenvalue weighted by Gasteiger charge is -2.25. The van der Waals surface area contributed by atoms with Crippen LogP contribution < -0.4 is 4.74 Å². The lowest BCUT2D eigenvalue weighted by Crippen LogP contribution is -2.09. The van der Waals surface area contributed by atoms with Gasteiger partial charge in [-0.1, -0.05) is 15.9 Å². The van der Waals surface area contributed by atoms with E-state index in [1.54, 1.807) is 7.11 Å². The van der Waals surface area contributed by atoms with Crippen LogP contribution in [-0.2, 0) is 6.42 Å². The molecule has 0 N–H and O–H groups in total. The first-order valence-electron chi connectivity index (χ1n) is 5.15. The first-order chi connectivity index (χ1) is 7.15. The second-order valence-corrected chi connectivity index (χ2v) is 5.28. The molecule has 0 saturated heterocycles. The summed E-state index contributed by atoms with van der Waals surface area (Å²) in [4.78, 5) is 0. The average Bonchev–Trinajstić information content (AvgIpc) is 2.23. The average molecular weight is 290 g/mol. The van der Waals surface area contributed by atoms with Crippen LogP contribution in [0.3, 0.4) is 0 Å². The second kappa shape index (κ2) is 4.34. The fourth-order valence-corrected chi connectivity index (χ4v) is 3.35. The highest BCUT2D eigenvalue weighted by atomic mass is 79.9. The number of alkyl halides is 1. The Balaban J connectivity index is 2.65. The first kappa shape index (κ1) is 11.3. The van der Waals surface area contributed by atoms with Gasteiger partial charge in [0.25, 0.3) is 0 Å². The third kappa shape index (κ3) is 1.90. The zero-order chi connectivity index (χ0) is 11.0. The lowest BCUT2D eigenvalue weighted by molar-refractivity contribution is 0.405. The molecule has 0 fully saturated rings. The molecule has 0 aliphatic heterocycles. The number of methoxy groups -OCH3 is 1. The van der Waals surface area contributed by atoms with Crippen molar-refractivity contribution in [2.24, 2.45) is 0 Å². The van der Waals surface area contributed by atoms with Crippen molar-refractivity contribution in [2.75, 3.05) is 7.11 Å². The molecule has 1 atom stereocenters. The van der Waals surface area contributed by atoms with E-state index in [1.165, 1.54) is 16.7 Å². The molecule has 1 aromatic carbocycles. The Hall–Kier alpha value is -0.210. The van der Waals surface area contributed by atoms with Gasteiger partial charge in [-0.3, -0.25) is 0 Å². The molecule has 1 aromatic rings. The SMILES string of the molecule is COc1cc(C)c(Br)c2c1CCCC2Cl. The summed E-state index contributed by atoms with van der Waals surface area (Å²) in [5, 5.41) is 0.122. The molecule has 0 amide bonds. The summed E-state index contributed by atoms with van der Waals surface area (Å²) in [6.07, 6.45) is 3.27. The van der Waals surface area contributed by atoms with Crippen molar-refractivity contribution < 1.29 is 4.74 Å². The van der Waals surface area contributed by atoms with Crippen molar-refractivity contribution in [1.29, 1.82) is 0 Å². The van der Waals surface area contributed by atoms with Gasteiger partial charge in [-0.25, -0.2) is 0 Å². The predicted octanol–water partition coefficient (Wildman–Crippen LogP) is 4.38.